The number of aromatic nitrogens is 3. The number of nitrogens with zero attached hydrogens (tertiary/aromatic N) is 4. The molecule has 1 saturated carbocycles. The summed E-state index contributed by atoms with van der Waals surface area (Å²) >= 11 is 6.31. The molecule has 0 unspecified atom stereocenters. The van der Waals surface area contributed by atoms with Gasteiger partial charge >= 0.3 is 0 Å². The smallest absolute Gasteiger partial charge is 0.274 e. The van der Waals surface area contributed by atoms with Crippen LogP contribution in [0.3, 0.4) is 0 Å². The van der Waals surface area contributed by atoms with Gasteiger partial charge in [0.15, 0.2) is 5.82 Å². The lowest BCUT2D eigenvalue weighted by molar-refractivity contribution is 0.0699. The van der Waals surface area contributed by atoms with Gasteiger partial charge in [-0.1, -0.05) is 11.6 Å². The number of halogens is 2. The zero-order valence-corrected chi connectivity index (χ0v) is 17.9. The molecule has 0 bridgehead atoms. The van der Waals surface area contributed by atoms with E-state index in [9.17, 15) is 4.79 Å². The summed E-state index contributed by atoms with van der Waals surface area (Å²) in [7, 11) is 0. The lowest BCUT2D eigenvalue weighted by Crippen LogP contribution is -2.45. The SMILES string of the molecule is Cc1cc(C)n(-c2ccc(Cl)c(C(=O)N3CCC(NCC4CC4)CC3)n2)n1.Cl. The predicted octanol–water partition coefficient (Wildman–Crippen LogP) is 3.56. The minimum Gasteiger partial charge on any atom is -0.337 e. The maximum Gasteiger partial charge on any atom is 0.274 e. The van der Waals surface area contributed by atoms with E-state index in [4.69, 9.17) is 11.6 Å². The van der Waals surface area contributed by atoms with E-state index in [0.29, 0.717) is 22.6 Å². The Bertz CT molecular complexity index is 841. The molecule has 2 fully saturated rings. The number of hydrogen-bond acceptors (Lipinski definition) is 4. The number of piperidine rings is 1. The standard InChI is InChI=1S/C20H26ClN5O.ClH/c1-13-11-14(2)26(24-13)18-6-5-17(21)19(23-18)20(27)25-9-7-16(8-10-25)22-12-15-3-4-15;/h5-6,11,15-16,22H,3-4,7-10,12H2,1-2H3;1H. The quantitative estimate of drug-likeness (QED) is 0.797. The van der Waals surface area contributed by atoms with E-state index >= 15 is 0 Å². The van der Waals surface area contributed by atoms with Gasteiger partial charge in [0.05, 0.1) is 10.7 Å². The molecule has 8 heteroatoms. The Kier molecular flexibility index (Phi) is 6.63. The monoisotopic (exact) mass is 423 g/mol. The first-order chi connectivity index (χ1) is 13.0. The maximum atomic E-state index is 13.0. The van der Waals surface area contributed by atoms with Crippen molar-refractivity contribution < 1.29 is 4.79 Å². The van der Waals surface area contributed by atoms with Crippen LogP contribution in [0, 0.1) is 19.8 Å². The highest BCUT2D eigenvalue weighted by Crippen LogP contribution is 2.28. The molecule has 2 aromatic rings. The predicted molar refractivity (Wildman–Crippen MR) is 113 cm³/mol. The van der Waals surface area contributed by atoms with Crippen LogP contribution in [-0.2, 0) is 0 Å². The maximum absolute atomic E-state index is 13.0. The van der Waals surface area contributed by atoms with Crippen LogP contribution in [0.15, 0.2) is 18.2 Å². The molecule has 1 amide bonds. The molecule has 2 aliphatic rings. The Morgan fingerprint density at radius 2 is 1.93 bits per heavy atom. The molecule has 152 valence electrons. The summed E-state index contributed by atoms with van der Waals surface area (Å²) in [4.78, 5) is 19.4. The average molecular weight is 424 g/mol. The highest BCUT2D eigenvalue weighted by Gasteiger charge is 2.28. The number of pyridine rings is 1. The number of likely N-dealkylation sites (tertiary alicyclic amines) is 1. The van der Waals surface area contributed by atoms with Crippen molar-refractivity contribution in [1.29, 1.82) is 0 Å². The first-order valence-electron chi connectivity index (χ1n) is 9.74. The molecule has 3 heterocycles. The third kappa shape index (κ3) is 4.67. The minimum absolute atomic E-state index is 0. The van der Waals surface area contributed by atoms with Crippen LogP contribution in [0.5, 0.6) is 0 Å². The van der Waals surface area contributed by atoms with Crippen molar-refractivity contribution in [3.05, 3.63) is 40.3 Å². The Balaban J connectivity index is 0.00000225. The van der Waals surface area contributed by atoms with Crippen LogP contribution in [0.1, 0.15) is 47.6 Å². The molecule has 1 aliphatic heterocycles. The van der Waals surface area contributed by atoms with Gasteiger partial charge in [-0.3, -0.25) is 4.79 Å². The number of hydrogen-bond donors (Lipinski definition) is 1. The molecule has 1 aliphatic carbocycles. The molecule has 0 radical (unpaired) electrons. The molecule has 0 atom stereocenters. The van der Waals surface area contributed by atoms with Gasteiger partial charge < -0.3 is 10.2 Å². The molecule has 2 aromatic heterocycles. The largest absolute Gasteiger partial charge is 0.337 e. The summed E-state index contributed by atoms with van der Waals surface area (Å²) < 4.78 is 1.75. The second-order valence-corrected chi connectivity index (χ2v) is 8.16. The van der Waals surface area contributed by atoms with E-state index in [-0.39, 0.29) is 18.3 Å². The zero-order valence-electron chi connectivity index (χ0n) is 16.3. The van der Waals surface area contributed by atoms with Crippen LogP contribution in [0.25, 0.3) is 5.82 Å². The second kappa shape index (κ2) is 8.80. The Morgan fingerprint density at radius 1 is 1.21 bits per heavy atom. The molecule has 0 aromatic carbocycles. The summed E-state index contributed by atoms with van der Waals surface area (Å²) in [6.45, 7) is 6.51. The van der Waals surface area contributed by atoms with E-state index in [1.165, 1.54) is 12.8 Å². The Hall–Kier alpha value is -1.63. The lowest BCUT2D eigenvalue weighted by Gasteiger charge is -2.32. The topological polar surface area (TPSA) is 63.1 Å². The molecule has 28 heavy (non-hydrogen) atoms. The molecule has 1 N–H and O–H groups in total. The molecule has 0 spiro atoms. The van der Waals surface area contributed by atoms with E-state index in [1.54, 1.807) is 16.8 Å². The van der Waals surface area contributed by atoms with Crippen molar-refractivity contribution >= 4 is 29.9 Å². The van der Waals surface area contributed by atoms with Gasteiger partial charge in [0.1, 0.15) is 5.69 Å². The van der Waals surface area contributed by atoms with Crippen molar-refractivity contribution in [1.82, 2.24) is 25.0 Å². The molecular formula is C20H27Cl2N5O. The van der Waals surface area contributed by atoms with Crippen molar-refractivity contribution in [3.8, 4) is 5.82 Å². The fourth-order valence-electron chi connectivity index (χ4n) is 3.65. The zero-order chi connectivity index (χ0) is 19.0. The normalized spacial score (nSPS) is 17.5. The fraction of sp³-hybridized carbons (Fsp3) is 0.550. The van der Waals surface area contributed by atoms with Gasteiger partial charge in [-0.05, 0) is 70.2 Å². The highest BCUT2D eigenvalue weighted by atomic mass is 35.5. The number of amides is 1. The van der Waals surface area contributed by atoms with Crippen LogP contribution in [0.2, 0.25) is 5.02 Å². The first-order valence-corrected chi connectivity index (χ1v) is 10.1. The number of aryl methyl sites for hydroxylation is 2. The summed E-state index contributed by atoms with van der Waals surface area (Å²) in [5.41, 5.74) is 2.20. The van der Waals surface area contributed by atoms with Gasteiger partial charge in [-0.15, -0.1) is 12.4 Å². The van der Waals surface area contributed by atoms with Gasteiger partial charge in [-0.2, -0.15) is 5.10 Å². The fourth-order valence-corrected chi connectivity index (χ4v) is 3.84. The van der Waals surface area contributed by atoms with Gasteiger partial charge in [0, 0.05) is 24.8 Å². The molecule has 1 saturated heterocycles. The van der Waals surface area contributed by atoms with Crippen LogP contribution >= 0.6 is 24.0 Å². The van der Waals surface area contributed by atoms with E-state index < -0.39 is 0 Å². The second-order valence-electron chi connectivity index (χ2n) is 7.76. The molecule has 6 nitrogen and oxygen atoms in total. The number of carbonyl (C=O) groups is 1. The Morgan fingerprint density at radius 3 is 2.54 bits per heavy atom. The summed E-state index contributed by atoms with van der Waals surface area (Å²) in [6.07, 6.45) is 4.68. The summed E-state index contributed by atoms with van der Waals surface area (Å²) in [6, 6.07) is 6.03. The van der Waals surface area contributed by atoms with E-state index in [1.807, 2.05) is 24.8 Å². The van der Waals surface area contributed by atoms with Crippen molar-refractivity contribution in [2.24, 2.45) is 5.92 Å². The summed E-state index contributed by atoms with van der Waals surface area (Å²) in [5.74, 6) is 1.41. The van der Waals surface area contributed by atoms with Crippen molar-refractivity contribution in [2.75, 3.05) is 19.6 Å². The first kappa shape index (κ1) is 21.1. The van der Waals surface area contributed by atoms with Crippen molar-refractivity contribution in [2.45, 2.75) is 45.6 Å². The number of rotatable bonds is 5. The van der Waals surface area contributed by atoms with Gasteiger partial charge in [0.25, 0.3) is 5.91 Å². The number of nitrogens with one attached hydrogen (secondary N) is 1. The van der Waals surface area contributed by atoms with Crippen LogP contribution < -0.4 is 5.32 Å². The molecular weight excluding hydrogens is 397 g/mol. The summed E-state index contributed by atoms with van der Waals surface area (Å²) in [5, 5.41) is 8.48. The Labute approximate surface area is 177 Å². The van der Waals surface area contributed by atoms with Crippen molar-refractivity contribution in [3.63, 3.8) is 0 Å². The number of carbonyl (C=O) groups excluding carboxylic acids is 1. The molecule has 4 rings (SSSR count). The average Bonchev–Trinajstić information content (AvgIpc) is 3.43. The van der Waals surface area contributed by atoms with E-state index in [2.05, 4.69) is 15.4 Å². The highest BCUT2D eigenvalue weighted by molar-refractivity contribution is 6.33. The third-order valence-corrected chi connectivity index (χ3v) is 5.74. The van der Waals surface area contributed by atoms with Gasteiger partial charge in [0.2, 0.25) is 0 Å². The van der Waals surface area contributed by atoms with Crippen LogP contribution in [0.4, 0.5) is 0 Å². The van der Waals surface area contributed by atoms with E-state index in [0.717, 1.165) is 49.8 Å². The van der Waals surface area contributed by atoms with Crippen LogP contribution in [-0.4, -0.2) is 51.2 Å². The third-order valence-electron chi connectivity index (χ3n) is 5.43. The minimum atomic E-state index is -0.0935. The lowest BCUT2D eigenvalue weighted by atomic mass is 10.0. The van der Waals surface area contributed by atoms with Gasteiger partial charge in [-0.25, -0.2) is 9.67 Å².